The van der Waals surface area contributed by atoms with Crippen LogP contribution in [-0.2, 0) is 16.0 Å². The van der Waals surface area contributed by atoms with Crippen molar-refractivity contribution in [3.05, 3.63) is 51.7 Å². The van der Waals surface area contributed by atoms with Crippen molar-refractivity contribution in [2.24, 2.45) is 5.92 Å². The molecule has 1 aromatic heterocycles. The Morgan fingerprint density at radius 2 is 2.18 bits per heavy atom. The summed E-state index contributed by atoms with van der Waals surface area (Å²) in [6, 6.07) is 9.11. The molecule has 2 unspecified atom stereocenters. The van der Waals surface area contributed by atoms with E-state index in [2.05, 4.69) is 23.7 Å². The molecule has 1 aliphatic carbocycles. The number of hydrogen-bond donors (Lipinski definition) is 2. The summed E-state index contributed by atoms with van der Waals surface area (Å²) < 4.78 is 0. The summed E-state index contributed by atoms with van der Waals surface area (Å²) in [6.07, 6.45) is 0.853. The number of benzene rings is 1. The Bertz CT molecular complexity index is 722. The fourth-order valence-corrected chi connectivity index (χ4v) is 3.82. The van der Waals surface area contributed by atoms with E-state index in [0.29, 0.717) is 17.2 Å². The Balaban J connectivity index is 1.63. The molecule has 0 bridgehead atoms. The van der Waals surface area contributed by atoms with Crippen LogP contribution in [0.15, 0.2) is 35.7 Å². The zero-order valence-electron chi connectivity index (χ0n) is 12.2. The van der Waals surface area contributed by atoms with Gasteiger partial charge in [0.2, 0.25) is 5.91 Å². The molecule has 0 saturated heterocycles. The molecule has 1 aromatic carbocycles. The van der Waals surface area contributed by atoms with E-state index in [0.717, 1.165) is 6.42 Å². The second kappa shape index (κ2) is 5.93. The highest BCUT2D eigenvalue weighted by Crippen LogP contribution is 2.50. The SMILES string of the molecule is Cc1ccsc1C1CC1C(=O)Nc1cccc(CC(=O)O)c1. The number of amides is 1. The second-order valence-corrected chi connectivity index (χ2v) is 6.62. The van der Waals surface area contributed by atoms with E-state index in [-0.39, 0.29) is 18.2 Å². The molecule has 4 nitrogen and oxygen atoms in total. The lowest BCUT2D eigenvalue weighted by molar-refractivity contribution is -0.136. The van der Waals surface area contributed by atoms with Gasteiger partial charge in [-0.3, -0.25) is 9.59 Å². The maximum absolute atomic E-state index is 12.3. The molecular weight excluding hydrogens is 298 g/mol. The number of thiophene rings is 1. The molecule has 1 fully saturated rings. The van der Waals surface area contributed by atoms with Gasteiger partial charge in [0, 0.05) is 22.4 Å². The highest BCUT2D eigenvalue weighted by Gasteiger charge is 2.45. The Kier molecular flexibility index (Phi) is 3.98. The number of carboxylic acid groups (broad SMARTS) is 1. The average molecular weight is 315 g/mol. The first-order valence-corrected chi connectivity index (χ1v) is 8.08. The van der Waals surface area contributed by atoms with E-state index in [1.54, 1.807) is 35.6 Å². The van der Waals surface area contributed by atoms with Gasteiger partial charge in [0.1, 0.15) is 0 Å². The van der Waals surface area contributed by atoms with Crippen LogP contribution in [0.5, 0.6) is 0 Å². The van der Waals surface area contributed by atoms with Crippen LogP contribution in [0.2, 0.25) is 0 Å². The molecule has 2 N–H and O–H groups in total. The van der Waals surface area contributed by atoms with Gasteiger partial charge in [-0.25, -0.2) is 0 Å². The average Bonchev–Trinajstić information content (AvgIpc) is 3.13. The predicted molar refractivity (Wildman–Crippen MR) is 86.3 cm³/mol. The van der Waals surface area contributed by atoms with Crippen molar-refractivity contribution in [1.29, 1.82) is 0 Å². The molecule has 3 rings (SSSR count). The molecule has 22 heavy (non-hydrogen) atoms. The van der Waals surface area contributed by atoms with Gasteiger partial charge in [0.25, 0.3) is 0 Å². The van der Waals surface area contributed by atoms with Gasteiger partial charge in [-0.15, -0.1) is 11.3 Å². The summed E-state index contributed by atoms with van der Waals surface area (Å²) in [5.41, 5.74) is 2.61. The highest BCUT2D eigenvalue weighted by molar-refractivity contribution is 7.10. The maximum Gasteiger partial charge on any atom is 0.307 e. The van der Waals surface area contributed by atoms with E-state index in [4.69, 9.17) is 5.11 Å². The monoisotopic (exact) mass is 315 g/mol. The third-order valence-electron chi connectivity index (χ3n) is 3.92. The largest absolute Gasteiger partial charge is 0.481 e. The highest BCUT2D eigenvalue weighted by atomic mass is 32.1. The van der Waals surface area contributed by atoms with E-state index < -0.39 is 5.97 Å². The Morgan fingerprint density at radius 1 is 1.36 bits per heavy atom. The van der Waals surface area contributed by atoms with Crippen LogP contribution in [0.25, 0.3) is 0 Å². The minimum absolute atomic E-state index is 0.0188. The maximum atomic E-state index is 12.3. The minimum Gasteiger partial charge on any atom is -0.481 e. The van der Waals surface area contributed by atoms with E-state index in [1.165, 1.54) is 10.4 Å². The van der Waals surface area contributed by atoms with Crippen LogP contribution in [-0.4, -0.2) is 17.0 Å². The van der Waals surface area contributed by atoms with Crippen molar-refractivity contribution in [1.82, 2.24) is 0 Å². The molecule has 1 heterocycles. The normalized spacial score (nSPS) is 19.7. The van der Waals surface area contributed by atoms with Gasteiger partial charge in [-0.05, 0) is 48.1 Å². The van der Waals surface area contributed by atoms with E-state index >= 15 is 0 Å². The number of carbonyl (C=O) groups excluding carboxylic acids is 1. The third kappa shape index (κ3) is 3.20. The van der Waals surface area contributed by atoms with E-state index in [1.807, 2.05) is 0 Å². The lowest BCUT2D eigenvalue weighted by Gasteiger charge is -2.06. The fraction of sp³-hybridized carbons (Fsp3) is 0.294. The molecule has 0 aliphatic heterocycles. The van der Waals surface area contributed by atoms with Gasteiger partial charge in [0.05, 0.1) is 6.42 Å². The molecule has 0 radical (unpaired) electrons. The number of aliphatic carboxylic acids is 1. The van der Waals surface area contributed by atoms with Crippen molar-refractivity contribution >= 4 is 28.9 Å². The standard InChI is InChI=1S/C17H17NO3S/c1-10-5-6-22-16(10)13-9-14(13)17(21)18-12-4-2-3-11(7-12)8-15(19)20/h2-7,13-14H,8-9H2,1H3,(H,18,21)(H,19,20). The van der Waals surface area contributed by atoms with Crippen molar-refractivity contribution in [3.63, 3.8) is 0 Å². The van der Waals surface area contributed by atoms with Crippen molar-refractivity contribution in [2.75, 3.05) is 5.32 Å². The van der Waals surface area contributed by atoms with Gasteiger partial charge in [0.15, 0.2) is 0 Å². The molecule has 5 heteroatoms. The smallest absolute Gasteiger partial charge is 0.307 e. The van der Waals surface area contributed by atoms with Crippen LogP contribution in [0, 0.1) is 12.8 Å². The zero-order valence-corrected chi connectivity index (χ0v) is 13.0. The van der Waals surface area contributed by atoms with Crippen LogP contribution in [0.1, 0.15) is 28.3 Å². The molecule has 2 atom stereocenters. The number of carbonyl (C=O) groups is 2. The number of aryl methyl sites for hydroxylation is 1. The molecular formula is C17H17NO3S. The molecule has 114 valence electrons. The number of anilines is 1. The van der Waals surface area contributed by atoms with Crippen LogP contribution >= 0.6 is 11.3 Å². The molecule has 2 aromatic rings. The van der Waals surface area contributed by atoms with Gasteiger partial charge < -0.3 is 10.4 Å². The predicted octanol–water partition coefficient (Wildman–Crippen LogP) is 3.43. The lowest BCUT2D eigenvalue weighted by atomic mass is 10.1. The summed E-state index contributed by atoms with van der Waals surface area (Å²) in [5.74, 6) is -0.494. The molecule has 1 aliphatic rings. The van der Waals surface area contributed by atoms with Crippen molar-refractivity contribution in [3.8, 4) is 0 Å². The van der Waals surface area contributed by atoms with Gasteiger partial charge >= 0.3 is 5.97 Å². The van der Waals surface area contributed by atoms with Crippen molar-refractivity contribution < 1.29 is 14.7 Å². The number of nitrogens with one attached hydrogen (secondary N) is 1. The first kappa shape index (κ1) is 14.8. The zero-order chi connectivity index (χ0) is 15.7. The summed E-state index contributed by atoms with van der Waals surface area (Å²) in [7, 11) is 0. The minimum atomic E-state index is -0.876. The number of carboxylic acids is 1. The van der Waals surface area contributed by atoms with Gasteiger partial charge in [-0.1, -0.05) is 12.1 Å². The molecule has 1 saturated carbocycles. The second-order valence-electron chi connectivity index (χ2n) is 5.68. The summed E-state index contributed by atoms with van der Waals surface area (Å²) in [4.78, 5) is 24.3. The van der Waals surface area contributed by atoms with Gasteiger partial charge in [-0.2, -0.15) is 0 Å². The summed E-state index contributed by atoms with van der Waals surface area (Å²) in [5, 5.41) is 13.8. The quantitative estimate of drug-likeness (QED) is 0.888. The van der Waals surface area contributed by atoms with Crippen molar-refractivity contribution in [2.45, 2.75) is 25.7 Å². The summed E-state index contributed by atoms with van der Waals surface area (Å²) >= 11 is 1.71. The first-order valence-electron chi connectivity index (χ1n) is 7.20. The summed E-state index contributed by atoms with van der Waals surface area (Å²) in [6.45, 7) is 2.08. The molecule has 1 amide bonds. The Morgan fingerprint density at radius 3 is 2.86 bits per heavy atom. The third-order valence-corrected chi connectivity index (χ3v) is 5.07. The molecule has 0 spiro atoms. The number of hydrogen-bond acceptors (Lipinski definition) is 3. The Labute approximate surface area is 132 Å². The van der Waals surface area contributed by atoms with Crippen LogP contribution in [0.3, 0.4) is 0 Å². The first-order chi connectivity index (χ1) is 10.5. The Hall–Kier alpha value is -2.14. The van der Waals surface area contributed by atoms with Crippen LogP contribution in [0.4, 0.5) is 5.69 Å². The lowest BCUT2D eigenvalue weighted by Crippen LogP contribution is -2.14. The number of rotatable bonds is 5. The topological polar surface area (TPSA) is 66.4 Å². The van der Waals surface area contributed by atoms with Crippen LogP contribution < -0.4 is 5.32 Å². The fourth-order valence-electron chi connectivity index (χ4n) is 2.71. The van der Waals surface area contributed by atoms with E-state index in [9.17, 15) is 9.59 Å².